The monoisotopic (exact) mass is 318 g/mol. The standard InChI is InChI=1S/C20H15ClN2/c21-18-8-4-3-7-16(18)12-20-22-13-19(23-20)17-10-9-14-5-1-2-6-15(14)11-17/h1-11,13H,12H2,(H,22,23). The van der Waals surface area contributed by atoms with Gasteiger partial charge in [0, 0.05) is 23.2 Å². The zero-order chi connectivity index (χ0) is 15.6. The molecule has 0 saturated carbocycles. The van der Waals surface area contributed by atoms with Crippen molar-refractivity contribution in [2.24, 2.45) is 0 Å². The molecule has 1 aromatic heterocycles. The van der Waals surface area contributed by atoms with Crippen molar-refractivity contribution in [2.75, 3.05) is 0 Å². The first-order chi connectivity index (χ1) is 11.3. The number of halogens is 1. The normalized spacial score (nSPS) is 11.0. The minimum atomic E-state index is 0.702. The summed E-state index contributed by atoms with van der Waals surface area (Å²) in [6.07, 6.45) is 2.66. The summed E-state index contributed by atoms with van der Waals surface area (Å²) in [6, 6.07) is 22.6. The highest BCUT2D eigenvalue weighted by Crippen LogP contribution is 2.24. The Kier molecular flexibility index (Phi) is 3.60. The third-order valence-electron chi connectivity index (χ3n) is 3.99. The van der Waals surface area contributed by atoms with Crippen LogP contribution in [-0.4, -0.2) is 9.97 Å². The van der Waals surface area contributed by atoms with E-state index in [2.05, 4.69) is 47.4 Å². The molecule has 3 aromatic carbocycles. The molecule has 0 spiro atoms. The predicted molar refractivity (Wildman–Crippen MR) is 95.8 cm³/mol. The summed E-state index contributed by atoms with van der Waals surface area (Å²) in [6.45, 7) is 0. The van der Waals surface area contributed by atoms with Crippen LogP contribution in [-0.2, 0) is 6.42 Å². The number of hydrogen-bond acceptors (Lipinski definition) is 1. The van der Waals surface area contributed by atoms with E-state index in [0.29, 0.717) is 6.42 Å². The number of benzene rings is 3. The van der Waals surface area contributed by atoms with Gasteiger partial charge in [-0.25, -0.2) is 4.98 Å². The summed E-state index contributed by atoms with van der Waals surface area (Å²) >= 11 is 6.22. The first-order valence-corrected chi connectivity index (χ1v) is 7.94. The lowest BCUT2D eigenvalue weighted by Crippen LogP contribution is -1.91. The second kappa shape index (κ2) is 5.90. The van der Waals surface area contributed by atoms with Crippen LogP contribution in [0.4, 0.5) is 0 Å². The third-order valence-corrected chi connectivity index (χ3v) is 4.36. The van der Waals surface area contributed by atoms with E-state index in [1.165, 1.54) is 10.8 Å². The highest BCUT2D eigenvalue weighted by molar-refractivity contribution is 6.31. The third kappa shape index (κ3) is 2.86. The summed E-state index contributed by atoms with van der Waals surface area (Å²) in [5.41, 5.74) is 3.15. The SMILES string of the molecule is Clc1ccccc1Cc1nc(-c2ccc3ccccc3c2)c[nH]1. The van der Waals surface area contributed by atoms with Gasteiger partial charge in [-0.3, -0.25) is 0 Å². The lowest BCUT2D eigenvalue weighted by molar-refractivity contribution is 1.03. The van der Waals surface area contributed by atoms with Crippen LogP contribution < -0.4 is 0 Å². The molecule has 0 aliphatic rings. The molecule has 1 N–H and O–H groups in total. The Morgan fingerprint density at radius 1 is 0.870 bits per heavy atom. The molecule has 0 amide bonds. The Balaban J connectivity index is 1.65. The number of aromatic nitrogens is 2. The van der Waals surface area contributed by atoms with Crippen molar-refractivity contribution in [3.8, 4) is 11.3 Å². The van der Waals surface area contributed by atoms with Gasteiger partial charge in [-0.2, -0.15) is 0 Å². The molecule has 0 atom stereocenters. The topological polar surface area (TPSA) is 28.7 Å². The number of nitrogens with zero attached hydrogens (tertiary/aromatic N) is 1. The second-order valence-corrected chi connectivity index (χ2v) is 5.97. The Hall–Kier alpha value is -2.58. The van der Waals surface area contributed by atoms with Gasteiger partial charge in [0.25, 0.3) is 0 Å². The van der Waals surface area contributed by atoms with E-state index in [0.717, 1.165) is 27.7 Å². The van der Waals surface area contributed by atoms with Crippen LogP contribution in [0.25, 0.3) is 22.0 Å². The van der Waals surface area contributed by atoms with Gasteiger partial charge in [-0.1, -0.05) is 66.2 Å². The average Bonchev–Trinajstić information content (AvgIpc) is 3.05. The predicted octanol–water partition coefficient (Wildman–Crippen LogP) is 5.47. The molecule has 3 heteroatoms. The van der Waals surface area contributed by atoms with E-state index in [-0.39, 0.29) is 0 Å². The van der Waals surface area contributed by atoms with Gasteiger partial charge in [-0.15, -0.1) is 0 Å². The van der Waals surface area contributed by atoms with Crippen LogP contribution in [0.1, 0.15) is 11.4 Å². The lowest BCUT2D eigenvalue weighted by atomic mass is 10.1. The van der Waals surface area contributed by atoms with Gasteiger partial charge < -0.3 is 4.98 Å². The van der Waals surface area contributed by atoms with Crippen LogP contribution in [0.3, 0.4) is 0 Å². The maximum atomic E-state index is 6.22. The van der Waals surface area contributed by atoms with E-state index >= 15 is 0 Å². The number of H-pyrrole nitrogens is 1. The van der Waals surface area contributed by atoms with Gasteiger partial charge in [0.2, 0.25) is 0 Å². The molecule has 0 fully saturated rings. The van der Waals surface area contributed by atoms with Crippen molar-refractivity contribution in [2.45, 2.75) is 6.42 Å². The van der Waals surface area contributed by atoms with E-state index in [9.17, 15) is 0 Å². The van der Waals surface area contributed by atoms with E-state index in [1.54, 1.807) is 0 Å². The molecule has 0 bridgehead atoms. The number of aromatic amines is 1. The van der Waals surface area contributed by atoms with Gasteiger partial charge >= 0.3 is 0 Å². The molecule has 0 saturated heterocycles. The fraction of sp³-hybridized carbons (Fsp3) is 0.0500. The smallest absolute Gasteiger partial charge is 0.111 e. The number of nitrogens with one attached hydrogen (secondary N) is 1. The minimum Gasteiger partial charge on any atom is -0.348 e. The first kappa shape index (κ1) is 14.0. The molecular weight excluding hydrogens is 304 g/mol. The molecular formula is C20H15ClN2. The first-order valence-electron chi connectivity index (χ1n) is 7.56. The van der Waals surface area contributed by atoms with Crippen LogP contribution in [0.15, 0.2) is 72.9 Å². The molecule has 4 aromatic rings. The number of fused-ring (bicyclic) bond motifs is 1. The zero-order valence-corrected chi connectivity index (χ0v) is 13.2. The molecule has 2 nitrogen and oxygen atoms in total. The molecule has 23 heavy (non-hydrogen) atoms. The maximum Gasteiger partial charge on any atom is 0.111 e. The number of imidazole rings is 1. The van der Waals surface area contributed by atoms with Gasteiger partial charge in [0.1, 0.15) is 5.82 Å². The number of rotatable bonds is 3. The molecule has 0 aliphatic heterocycles. The van der Waals surface area contributed by atoms with Crippen LogP contribution in [0.2, 0.25) is 5.02 Å². The Morgan fingerprint density at radius 2 is 1.65 bits per heavy atom. The summed E-state index contributed by atoms with van der Waals surface area (Å²) in [5.74, 6) is 0.918. The van der Waals surface area contributed by atoms with E-state index in [1.807, 2.05) is 30.5 Å². The van der Waals surface area contributed by atoms with Crippen molar-refractivity contribution in [3.63, 3.8) is 0 Å². The number of hydrogen-bond donors (Lipinski definition) is 1. The van der Waals surface area contributed by atoms with Crippen molar-refractivity contribution in [3.05, 3.63) is 89.3 Å². The summed E-state index contributed by atoms with van der Waals surface area (Å²) < 4.78 is 0. The minimum absolute atomic E-state index is 0.702. The summed E-state index contributed by atoms with van der Waals surface area (Å²) in [5, 5.41) is 3.24. The highest BCUT2D eigenvalue weighted by Gasteiger charge is 2.07. The van der Waals surface area contributed by atoms with Gasteiger partial charge in [0.05, 0.1) is 5.69 Å². The quantitative estimate of drug-likeness (QED) is 0.533. The molecule has 0 radical (unpaired) electrons. The maximum absolute atomic E-state index is 6.22. The molecule has 0 unspecified atom stereocenters. The van der Waals surface area contributed by atoms with Gasteiger partial charge in [-0.05, 0) is 28.5 Å². The molecule has 1 heterocycles. The Labute approximate surface area is 139 Å². The van der Waals surface area contributed by atoms with Crippen molar-refractivity contribution in [1.82, 2.24) is 9.97 Å². The van der Waals surface area contributed by atoms with Crippen molar-refractivity contribution in [1.29, 1.82) is 0 Å². The highest BCUT2D eigenvalue weighted by atomic mass is 35.5. The fourth-order valence-electron chi connectivity index (χ4n) is 2.77. The van der Waals surface area contributed by atoms with Crippen LogP contribution in [0.5, 0.6) is 0 Å². The Bertz CT molecular complexity index is 972. The lowest BCUT2D eigenvalue weighted by Gasteiger charge is -2.02. The zero-order valence-electron chi connectivity index (χ0n) is 12.5. The van der Waals surface area contributed by atoms with E-state index in [4.69, 9.17) is 16.6 Å². The van der Waals surface area contributed by atoms with Crippen molar-refractivity contribution < 1.29 is 0 Å². The molecule has 4 rings (SSSR count). The Morgan fingerprint density at radius 3 is 2.52 bits per heavy atom. The fourth-order valence-corrected chi connectivity index (χ4v) is 2.97. The van der Waals surface area contributed by atoms with Crippen molar-refractivity contribution >= 4 is 22.4 Å². The largest absolute Gasteiger partial charge is 0.348 e. The van der Waals surface area contributed by atoms with Crippen LogP contribution in [0, 0.1) is 0 Å². The van der Waals surface area contributed by atoms with E-state index < -0.39 is 0 Å². The average molecular weight is 319 g/mol. The van der Waals surface area contributed by atoms with Crippen LogP contribution >= 0.6 is 11.6 Å². The van der Waals surface area contributed by atoms with Gasteiger partial charge in [0.15, 0.2) is 0 Å². The second-order valence-electron chi connectivity index (χ2n) is 5.56. The molecule has 0 aliphatic carbocycles. The summed E-state index contributed by atoms with van der Waals surface area (Å²) in [7, 11) is 0. The molecule has 112 valence electrons. The summed E-state index contributed by atoms with van der Waals surface area (Å²) in [4.78, 5) is 7.97.